The molecule has 4 heteroatoms. The quantitative estimate of drug-likeness (QED) is 0.504. The van der Waals surface area contributed by atoms with Crippen LogP contribution in [-0.2, 0) is 4.79 Å². The van der Waals surface area contributed by atoms with Crippen molar-refractivity contribution in [1.82, 2.24) is 0 Å². The van der Waals surface area contributed by atoms with Gasteiger partial charge in [0.1, 0.15) is 11.5 Å². The molecule has 1 unspecified atom stereocenters. The molecule has 1 aromatic rings. The van der Waals surface area contributed by atoms with Gasteiger partial charge in [-0.3, -0.25) is 4.79 Å². The fourth-order valence-corrected chi connectivity index (χ4v) is 1.75. The summed E-state index contributed by atoms with van der Waals surface area (Å²) in [5, 5.41) is 9.34. The molecule has 0 aliphatic rings. The minimum atomic E-state index is -0.307. The zero-order chi connectivity index (χ0) is 14.4. The van der Waals surface area contributed by atoms with E-state index in [1.165, 1.54) is 11.8 Å². The predicted molar refractivity (Wildman–Crippen MR) is 81.4 cm³/mol. The number of aliphatic hydroxyl groups excluding tert-OH is 1. The van der Waals surface area contributed by atoms with Gasteiger partial charge in [-0.25, -0.2) is 0 Å². The van der Waals surface area contributed by atoms with E-state index in [1.807, 2.05) is 19.3 Å². The second kappa shape index (κ2) is 7.04. The summed E-state index contributed by atoms with van der Waals surface area (Å²) in [7, 11) is 0. The van der Waals surface area contributed by atoms with Crippen LogP contribution in [0.15, 0.2) is 30.9 Å². The SMILES string of the molecule is C=C(O)c1cccc(OC(=O)C(C)SC)c1/C=C\C. The van der Waals surface area contributed by atoms with Crippen LogP contribution in [0.4, 0.5) is 0 Å². The highest BCUT2D eigenvalue weighted by molar-refractivity contribution is 7.99. The van der Waals surface area contributed by atoms with Gasteiger partial charge in [-0.1, -0.05) is 30.9 Å². The van der Waals surface area contributed by atoms with Crippen LogP contribution in [0.25, 0.3) is 11.8 Å². The van der Waals surface area contributed by atoms with E-state index in [0.717, 1.165) is 0 Å². The highest BCUT2D eigenvalue weighted by atomic mass is 32.2. The first-order valence-corrected chi connectivity index (χ1v) is 7.18. The first-order valence-electron chi connectivity index (χ1n) is 5.89. The van der Waals surface area contributed by atoms with Gasteiger partial charge in [0, 0.05) is 11.1 Å². The molecule has 0 aromatic heterocycles. The van der Waals surface area contributed by atoms with Gasteiger partial charge in [-0.15, -0.1) is 0 Å². The Hall–Kier alpha value is -1.68. The van der Waals surface area contributed by atoms with Crippen LogP contribution in [-0.4, -0.2) is 22.6 Å². The molecule has 0 saturated heterocycles. The van der Waals surface area contributed by atoms with Crippen LogP contribution < -0.4 is 4.74 Å². The fourth-order valence-electron chi connectivity index (χ4n) is 1.51. The lowest BCUT2D eigenvalue weighted by Gasteiger charge is -2.13. The van der Waals surface area contributed by atoms with Gasteiger partial charge in [0.2, 0.25) is 0 Å². The highest BCUT2D eigenvalue weighted by Crippen LogP contribution is 2.28. The molecule has 0 bridgehead atoms. The van der Waals surface area contributed by atoms with E-state index in [4.69, 9.17) is 4.74 Å². The molecule has 1 atom stereocenters. The normalized spacial score (nSPS) is 12.4. The number of esters is 1. The molecule has 1 aromatic carbocycles. The van der Waals surface area contributed by atoms with Gasteiger partial charge in [-0.05, 0) is 26.2 Å². The molecule has 0 saturated carbocycles. The van der Waals surface area contributed by atoms with Gasteiger partial charge in [0.25, 0.3) is 0 Å². The lowest BCUT2D eigenvalue weighted by Crippen LogP contribution is -2.20. The van der Waals surface area contributed by atoms with E-state index in [2.05, 4.69) is 6.58 Å². The second-order valence-electron chi connectivity index (χ2n) is 3.96. The lowest BCUT2D eigenvalue weighted by molar-refractivity contribution is -0.133. The fraction of sp³-hybridized carbons (Fsp3) is 0.267. The van der Waals surface area contributed by atoms with Crippen molar-refractivity contribution in [3.05, 3.63) is 42.0 Å². The number of hydrogen-bond acceptors (Lipinski definition) is 4. The average Bonchev–Trinajstić information content (AvgIpc) is 2.39. The number of aliphatic hydroxyl groups is 1. The molecule has 0 radical (unpaired) electrons. The number of hydrogen-bond donors (Lipinski definition) is 1. The van der Waals surface area contributed by atoms with Crippen molar-refractivity contribution in [2.75, 3.05) is 6.26 Å². The lowest BCUT2D eigenvalue weighted by atomic mass is 10.0. The Morgan fingerprint density at radius 1 is 1.53 bits per heavy atom. The molecule has 102 valence electrons. The topological polar surface area (TPSA) is 46.5 Å². The third-order valence-corrected chi connectivity index (χ3v) is 3.51. The number of carbonyl (C=O) groups excluding carboxylic acids is 1. The Bertz CT molecular complexity index is 506. The first-order chi connectivity index (χ1) is 9.01. The summed E-state index contributed by atoms with van der Waals surface area (Å²) < 4.78 is 5.38. The summed E-state index contributed by atoms with van der Waals surface area (Å²) in [6.07, 6.45) is 5.45. The summed E-state index contributed by atoms with van der Waals surface area (Å²) >= 11 is 1.42. The van der Waals surface area contributed by atoms with Crippen molar-refractivity contribution >= 4 is 29.6 Å². The molecular formula is C15H18O3S. The maximum absolute atomic E-state index is 11.8. The Morgan fingerprint density at radius 3 is 2.74 bits per heavy atom. The molecule has 3 nitrogen and oxygen atoms in total. The van der Waals surface area contributed by atoms with Crippen LogP contribution >= 0.6 is 11.8 Å². The summed E-state index contributed by atoms with van der Waals surface area (Å²) in [6.45, 7) is 7.16. The van der Waals surface area contributed by atoms with Gasteiger partial charge < -0.3 is 9.84 Å². The van der Waals surface area contributed by atoms with Crippen molar-refractivity contribution in [3.63, 3.8) is 0 Å². The maximum atomic E-state index is 11.8. The van der Waals surface area contributed by atoms with Crippen molar-refractivity contribution in [2.24, 2.45) is 0 Å². The van der Waals surface area contributed by atoms with E-state index in [0.29, 0.717) is 16.9 Å². The van der Waals surface area contributed by atoms with Gasteiger partial charge in [0.05, 0.1) is 5.25 Å². The monoisotopic (exact) mass is 278 g/mol. The molecular weight excluding hydrogens is 260 g/mol. The van der Waals surface area contributed by atoms with E-state index in [-0.39, 0.29) is 17.0 Å². The van der Waals surface area contributed by atoms with E-state index in [9.17, 15) is 9.90 Å². The molecule has 0 heterocycles. The second-order valence-corrected chi connectivity index (χ2v) is 5.14. The minimum Gasteiger partial charge on any atom is -0.508 e. The van der Waals surface area contributed by atoms with Crippen LogP contribution in [0.5, 0.6) is 5.75 Å². The standard InChI is InChI=1S/C15H18O3S/c1-5-7-13-12(10(2)16)8-6-9-14(13)18-15(17)11(3)19-4/h5-9,11,16H,2H2,1,3-4H3/b7-5-. The Kier molecular flexibility index (Phi) is 5.70. The smallest absolute Gasteiger partial charge is 0.324 e. The van der Waals surface area contributed by atoms with Gasteiger partial charge >= 0.3 is 5.97 Å². The van der Waals surface area contributed by atoms with E-state index in [1.54, 1.807) is 31.2 Å². The largest absolute Gasteiger partial charge is 0.508 e. The predicted octanol–water partition coefficient (Wildman–Crippen LogP) is 3.91. The summed E-state index contributed by atoms with van der Waals surface area (Å²) in [5.41, 5.74) is 1.21. The molecule has 0 spiro atoms. The number of ether oxygens (including phenoxy) is 1. The van der Waals surface area contributed by atoms with Crippen LogP contribution in [0, 0.1) is 0 Å². The number of rotatable bonds is 5. The summed E-state index contributed by atoms with van der Waals surface area (Å²) in [6, 6.07) is 5.15. The maximum Gasteiger partial charge on any atom is 0.324 e. The number of thioether (sulfide) groups is 1. The van der Waals surface area contributed by atoms with Crippen molar-refractivity contribution in [2.45, 2.75) is 19.1 Å². The van der Waals surface area contributed by atoms with Crippen LogP contribution in [0.3, 0.4) is 0 Å². The zero-order valence-corrected chi connectivity index (χ0v) is 12.2. The number of benzene rings is 1. The first kappa shape index (κ1) is 15.4. The van der Waals surface area contributed by atoms with Crippen LogP contribution in [0.2, 0.25) is 0 Å². The van der Waals surface area contributed by atoms with Crippen LogP contribution in [0.1, 0.15) is 25.0 Å². The molecule has 1 rings (SSSR count). The molecule has 0 aliphatic carbocycles. The highest BCUT2D eigenvalue weighted by Gasteiger charge is 2.17. The Labute approximate surface area is 118 Å². The summed E-state index contributed by atoms with van der Waals surface area (Å²) in [4.78, 5) is 11.8. The third kappa shape index (κ3) is 3.89. The van der Waals surface area contributed by atoms with Gasteiger partial charge in [0.15, 0.2) is 0 Å². The molecule has 19 heavy (non-hydrogen) atoms. The summed E-state index contributed by atoms with van der Waals surface area (Å²) in [5.74, 6) is 0.0690. The average molecular weight is 278 g/mol. The Morgan fingerprint density at radius 2 is 2.21 bits per heavy atom. The van der Waals surface area contributed by atoms with E-state index >= 15 is 0 Å². The Balaban J connectivity index is 3.17. The van der Waals surface area contributed by atoms with Gasteiger partial charge in [-0.2, -0.15) is 11.8 Å². The zero-order valence-electron chi connectivity index (χ0n) is 11.3. The minimum absolute atomic E-state index is 0.0519. The molecule has 0 amide bonds. The van der Waals surface area contributed by atoms with Crippen molar-refractivity contribution in [1.29, 1.82) is 0 Å². The number of carbonyl (C=O) groups is 1. The van der Waals surface area contributed by atoms with Crippen molar-refractivity contribution in [3.8, 4) is 5.75 Å². The molecule has 1 N–H and O–H groups in total. The number of allylic oxidation sites excluding steroid dienone is 1. The molecule has 0 aliphatic heterocycles. The van der Waals surface area contributed by atoms with E-state index < -0.39 is 0 Å². The third-order valence-electron chi connectivity index (χ3n) is 2.61. The molecule has 0 fully saturated rings. The van der Waals surface area contributed by atoms with Crippen molar-refractivity contribution < 1.29 is 14.6 Å².